The van der Waals surface area contributed by atoms with E-state index in [1.54, 1.807) is 18.2 Å². The molecule has 1 heterocycles. The van der Waals surface area contributed by atoms with Crippen molar-refractivity contribution in [2.24, 2.45) is 0 Å². The lowest BCUT2D eigenvalue weighted by Gasteiger charge is -2.06. The number of hydrogen-bond donors (Lipinski definition) is 1. The van der Waals surface area contributed by atoms with E-state index in [2.05, 4.69) is 15.5 Å². The van der Waals surface area contributed by atoms with Crippen LogP contribution in [0.25, 0.3) is 0 Å². The highest BCUT2D eigenvalue weighted by Crippen LogP contribution is 2.27. The summed E-state index contributed by atoms with van der Waals surface area (Å²) in [5.74, 6) is -0.0277. The Labute approximate surface area is 139 Å². The minimum absolute atomic E-state index is 0.195. The maximum atomic E-state index is 11.9. The lowest BCUT2D eigenvalue weighted by atomic mass is 10.2. The molecule has 21 heavy (non-hydrogen) atoms. The summed E-state index contributed by atoms with van der Waals surface area (Å²) < 4.78 is 1.60. The quantitative estimate of drug-likeness (QED) is 0.826. The first kappa shape index (κ1) is 16.1. The molecular weight excluding hydrogens is 348 g/mol. The minimum Gasteiger partial charge on any atom is -0.324 e. The summed E-state index contributed by atoms with van der Waals surface area (Å²) in [5.41, 5.74) is 0.788. The SMILES string of the molecule is CSc1nnc(SCC(=O)Nc2cc(Cl)ccc2C#N)s1. The number of carbonyl (C=O) groups is 1. The standard InChI is InChI=1S/C12H9ClN4OS3/c1-19-11-16-17-12(21-11)20-6-10(18)15-9-4-8(13)3-2-7(9)5-14/h2-4H,6H2,1H3,(H,15,18). The zero-order valence-corrected chi connectivity index (χ0v) is 14.0. The molecule has 1 aromatic heterocycles. The highest BCUT2D eigenvalue weighted by Gasteiger charge is 2.10. The number of rotatable bonds is 5. The van der Waals surface area contributed by atoms with Crippen molar-refractivity contribution in [1.29, 1.82) is 5.26 Å². The van der Waals surface area contributed by atoms with Crippen LogP contribution in [0, 0.1) is 11.3 Å². The van der Waals surface area contributed by atoms with Crippen molar-refractivity contribution in [2.75, 3.05) is 17.3 Å². The molecule has 5 nitrogen and oxygen atoms in total. The number of nitrogens with one attached hydrogen (secondary N) is 1. The van der Waals surface area contributed by atoms with Gasteiger partial charge in [0.25, 0.3) is 0 Å². The van der Waals surface area contributed by atoms with Gasteiger partial charge in [0, 0.05) is 5.02 Å². The van der Waals surface area contributed by atoms with Crippen LogP contribution in [0.5, 0.6) is 0 Å². The molecule has 0 fully saturated rings. The number of halogens is 1. The molecule has 0 saturated heterocycles. The lowest BCUT2D eigenvalue weighted by Crippen LogP contribution is -2.14. The van der Waals surface area contributed by atoms with Crippen LogP contribution in [0.15, 0.2) is 26.9 Å². The summed E-state index contributed by atoms with van der Waals surface area (Å²) in [7, 11) is 0. The van der Waals surface area contributed by atoms with Crippen LogP contribution in [-0.2, 0) is 4.79 Å². The fourth-order valence-corrected chi connectivity index (χ4v) is 3.78. The largest absolute Gasteiger partial charge is 0.324 e. The topological polar surface area (TPSA) is 78.7 Å². The second kappa shape index (κ2) is 7.66. The van der Waals surface area contributed by atoms with Gasteiger partial charge in [0.1, 0.15) is 6.07 Å². The van der Waals surface area contributed by atoms with Crippen LogP contribution < -0.4 is 5.32 Å². The molecule has 0 spiro atoms. The van der Waals surface area contributed by atoms with Gasteiger partial charge in [0.2, 0.25) is 5.91 Å². The molecule has 2 aromatic rings. The average Bonchev–Trinajstić information content (AvgIpc) is 2.93. The van der Waals surface area contributed by atoms with E-state index in [0.29, 0.717) is 16.3 Å². The molecule has 0 aliphatic carbocycles. The average molecular weight is 357 g/mol. The number of thioether (sulfide) groups is 2. The van der Waals surface area contributed by atoms with Crippen LogP contribution in [0.2, 0.25) is 5.02 Å². The van der Waals surface area contributed by atoms with E-state index in [1.165, 1.54) is 34.9 Å². The number of benzene rings is 1. The number of amides is 1. The van der Waals surface area contributed by atoms with Gasteiger partial charge in [-0.3, -0.25) is 4.79 Å². The van der Waals surface area contributed by atoms with Crippen molar-refractivity contribution in [1.82, 2.24) is 10.2 Å². The van der Waals surface area contributed by atoms with Crippen LogP contribution in [0.3, 0.4) is 0 Å². The number of nitriles is 1. The van der Waals surface area contributed by atoms with Crippen molar-refractivity contribution in [3.8, 4) is 6.07 Å². The Kier molecular flexibility index (Phi) is 5.87. The molecule has 9 heteroatoms. The third-order valence-electron chi connectivity index (χ3n) is 2.27. The number of hydrogen-bond acceptors (Lipinski definition) is 7. The number of anilines is 1. The van der Waals surface area contributed by atoms with Gasteiger partial charge >= 0.3 is 0 Å². The maximum absolute atomic E-state index is 11.9. The van der Waals surface area contributed by atoms with Gasteiger partial charge in [-0.05, 0) is 24.5 Å². The molecule has 0 unspecified atom stereocenters. The monoisotopic (exact) mass is 356 g/mol. The van der Waals surface area contributed by atoms with E-state index in [9.17, 15) is 4.79 Å². The second-order valence-corrected chi connectivity index (χ2v) is 7.37. The van der Waals surface area contributed by atoms with Crippen LogP contribution in [0.4, 0.5) is 5.69 Å². The van der Waals surface area contributed by atoms with Crippen molar-refractivity contribution < 1.29 is 4.79 Å². The van der Waals surface area contributed by atoms with E-state index in [0.717, 1.165) is 8.68 Å². The fourth-order valence-electron chi connectivity index (χ4n) is 1.37. The maximum Gasteiger partial charge on any atom is 0.234 e. The number of aromatic nitrogens is 2. The Bertz CT molecular complexity index is 698. The normalized spacial score (nSPS) is 10.1. The van der Waals surface area contributed by atoms with E-state index in [4.69, 9.17) is 16.9 Å². The summed E-state index contributed by atoms with van der Waals surface area (Å²) >= 11 is 10.1. The molecule has 0 radical (unpaired) electrons. The van der Waals surface area contributed by atoms with Gasteiger partial charge in [-0.2, -0.15) is 5.26 Å². The van der Waals surface area contributed by atoms with Gasteiger partial charge in [-0.1, -0.05) is 46.5 Å². The molecular formula is C12H9ClN4OS3. The molecule has 1 amide bonds. The zero-order valence-electron chi connectivity index (χ0n) is 10.8. The third kappa shape index (κ3) is 4.61. The van der Waals surface area contributed by atoms with E-state index in [-0.39, 0.29) is 11.7 Å². The molecule has 108 valence electrons. The first-order chi connectivity index (χ1) is 10.1. The van der Waals surface area contributed by atoms with Crippen LogP contribution >= 0.6 is 46.5 Å². The molecule has 1 N–H and O–H groups in total. The van der Waals surface area contributed by atoms with Crippen molar-refractivity contribution in [3.05, 3.63) is 28.8 Å². The molecule has 0 saturated carbocycles. The van der Waals surface area contributed by atoms with Gasteiger partial charge < -0.3 is 5.32 Å². The molecule has 0 atom stereocenters. The predicted octanol–water partition coefficient (Wildman–Crippen LogP) is 3.52. The number of nitrogens with zero attached hydrogens (tertiary/aromatic N) is 3. The van der Waals surface area contributed by atoms with Gasteiger partial charge in [0.05, 0.1) is 17.0 Å². The highest BCUT2D eigenvalue weighted by molar-refractivity contribution is 8.03. The molecule has 0 aliphatic rings. The smallest absolute Gasteiger partial charge is 0.234 e. The first-order valence-corrected chi connectivity index (χ1v) is 9.02. The summed E-state index contributed by atoms with van der Waals surface area (Å²) in [5, 5.41) is 20.1. The van der Waals surface area contributed by atoms with Gasteiger partial charge in [-0.15, -0.1) is 10.2 Å². The lowest BCUT2D eigenvalue weighted by molar-refractivity contribution is -0.113. The summed E-state index contributed by atoms with van der Waals surface area (Å²) in [6.45, 7) is 0. The summed E-state index contributed by atoms with van der Waals surface area (Å²) in [4.78, 5) is 11.9. The Morgan fingerprint density at radius 2 is 2.24 bits per heavy atom. The van der Waals surface area contributed by atoms with Crippen LogP contribution in [-0.4, -0.2) is 28.1 Å². The van der Waals surface area contributed by atoms with E-state index in [1.807, 2.05) is 12.3 Å². The highest BCUT2D eigenvalue weighted by atomic mass is 35.5. The van der Waals surface area contributed by atoms with Crippen LogP contribution in [0.1, 0.15) is 5.56 Å². The second-order valence-electron chi connectivity index (χ2n) is 3.68. The molecule has 2 rings (SSSR count). The first-order valence-electron chi connectivity index (χ1n) is 5.62. The van der Waals surface area contributed by atoms with E-state index < -0.39 is 0 Å². The Balaban J connectivity index is 1.96. The van der Waals surface area contributed by atoms with Crippen molar-refractivity contribution in [3.63, 3.8) is 0 Å². The molecule has 0 aliphatic heterocycles. The Hall–Kier alpha value is -1.27. The third-order valence-corrected chi connectivity index (χ3v) is 5.53. The Morgan fingerprint density at radius 1 is 1.48 bits per heavy atom. The summed E-state index contributed by atoms with van der Waals surface area (Å²) in [6.07, 6.45) is 1.92. The van der Waals surface area contributed by atoms with Crippen molar-refractivity contribution >= 4 is 58.1 Å². The minimum atomic E-state index is -0.223. The molecule has 1 aromatic carbocycles. The number of carbonyl (C=O) groups excluding carboxylic acids is 1. The zero-order chi connectivity index (χ0) is 15.2. The predicted molar refractivity (Wildman–Crippen MR) is 87.2 cm³/mol. The van der Waals surface area contributed by atoms with E-state index >= 15 is 0 Å². The van der Waals surface area contributed by atoms with Crippen molar-refractivity contribution in [2.45, 2.75) is 8.68 Å². The molecule has 0 bridgehead atoms. The summed E-state index contributed by atoms with van der Waals surface area (Å²) in [6, 6.07) is 6.74. The Morgan fingerprint density at radius 3 is 2.90 bits per heavy atom. The fraction of sp³-hybridized carbons (Fsp3) is 0.167. The van der Waals surface area contributed by atoms with Gasteiger partial charge in [-0.25, -0.2) is 0 Å². The van der Waals surface area contributed by atoms with Gasteiger partial charge in [0.15, 0.2) is 8.68 Å².